The van der Waals surface area contributed by atoms with Gasteiger partial charge in [-0.3, -0.25) is 0 Å². The van der Waals surface area contributed by atoms with E-state index >= 15 is 0 Å². The molecule has 158 valence electrons. The standard InChI is InChI=1S/C24H32O2S3/c25-17-7-3-1-5-9-19-11-13-21(27-19)23-15-16-24(29-23)22-14-12-20(28-22)10-6-2-4-8-18-26/h11-16,25-26H,1-10,17-18H2. The summed E-state index contributed by atoms with van der Waals surface area (Å²) in [6.07, 6.45) is 11.3. The molecule has 29 heavy (non-hydrogen) atoms. The lowest BCUT2D eigenvalue weighted by Crippen LogP contribution is -1.85. The Morgan fingerprint density at radius 3 is 1.28 bits per heavy atom. The van der Waals surface area contributed by atoms with Crippen molar-refractivity contribution in [1.29, 1.82) is 0 Å². The number of thiophene rings is 3. The van der Waals surface area contributed by atoms with Gasteiger partial charge in [0.05, 0.1) is 0 Å². The molecule has 0 aliphatic rings. The molecule has 3 rings (SSSR count). The van der Waals surface area contributed by atoms with Crippen LogP contribution in [-0.2, 0) is 12.8 Å². The number of hydrogen-bond donors (Lipinski definition) is 2. The monoisotopic (exact) mass is 448 g/mol. The summed E-state index contributed by atoms with van der Waals surface area (Å²) in [6.45, 7) is 0.639. The highest BCUT2D eigenvalue weighted by Crippen LogP contribution is 2.40. The van der Waals surface area contributed by atoms with Crippen molar-refractivity contribution in [2.24, 2.45) is 0 Å². The fraction of sp³-hybridized carbons (Fsp3) is 0.500. The van der Waals surface area contributed by atoms with E-state index in [0.29, 0.717) is 13.2 Å². The van der Waals surface area contributed by atoms with Crippen molar-refractivity contribution in [3.8, 4) is 19.5 Å². The van der Waals surface area contributed by atoms with Crippen LogP contribution in [0, 0.1) is 0 Å². The van der Waals surface area contributed by atoms with Gasteiger partial charge in [-0.2, -0.15) is 0 Å². The molecular weight excluding hydrogens is 416 g/mol. The number of unbranched alkanes of at least 4 members (excludes halogenated alkanes) is 6. The van der Waals surface area contributed by atoms with Gasteiger partial charge in [-0.1, -0.05) is 25.7 Å². The van der Waals surface area contributed by atoms with Crippen LogP contribution < -0.4 is 0 Å². The highest BCUT2D eigenvalue weighted by Gasteiger charge is 2.10. The molecule has 0 saturated carbocycles. The van der Waals surface area contributed by atoms with Crippen molar-refractivity contribution in [1.82, 2.24) is 0 Å². The molecule has 5 heteroatoms. The van der Waals surface area contributed by atoms with Crippen LogP contribution in [0.4, 0.5) is 0 Å². The van der Waals surface area contributed by atoms with E-state index in [1.807, 2.05) is 34.0 Å². The highest BCUT2D eigenvalue weighted by molar-refractivity contribution is 7.26. The van der Waals surface area contributed by atoms with Gasteiger partial charge in [0, 0.05) is 42.5 Å². The Hall–Kier alpha value is -0.980. The Morgan fingerprint density at radius 1 is 0.448 bits per heavy atom. The van der Waals surface area contributed by atoms with Crippen LogP contribution in [0.2, 0.25) is 0 Å². The molecular formula is C24H32O2S3. The van der Waals surface area contributed by atoms with Gasteiger partial charge in [0.15, 0.2) is 0 Å². The Kier molecular flexibility index (Phi) is 9.91. The predicted octanol–water partition coefficient (Wildman–Crippen LogP) is 7.40. The summed E-state index contributed by atoms with van der Waals surface area (Å²) in [5, 5.41) is 17.7. The molecule has 0 aliphatic carbocycles. The Balaban J connectivity index is 1.50. The Labute approximate surface area is 186 Å². The van der Waals surface area contributed by atoms with Gasteiger partial charge in [0.25, 0.3) is 0 Å². The maximum Gasteiger partial charge on any atom is 0.0449 e. The largest absolute Gasteiger partial charge is 0.396 e. The van der Waals surface area contributed by atoms with Crippen molar-refractivity contribution >= 4 is 34.0 Å². The summed E-state index contributed by atoms with van der Waals surface area (Å²) >= 11 is 5.76. The van der Waals surface area contributed by atoms with E-state index in [1.54, 1.807) is 0 Å². The average Bonchev–Trinajstić information content (AvgIpc) is 3.47. The SMILES string of the molecule is OCCCCCCc1ccc(-c2ccc(-c3ccc(CCCCCCO)s3)s2)s1. The molecule has 3 heterocycles. The molecule has 0 bridgehead atoms. The third-order valence-corrected chi connectivity index (χ3v) is 8.84. The molecule has 3 aromatic rings. The van der Waals surface area contributed by atoms with Gasteiger partial charge in [0.2, 0.25) is 0 Å². The van der Waals surface area contributed by atoms with Gasteiger partial charge in [-0.05, 0) is 74.9 Å². The second kappa shape index (κ2) is 12.7. The van der Waals surface area contributed by atoms with Crippen molar-refractivity contribution in [2.45, 2.75) is 64.2 Å². The normalized spacial score (nSPS) is 11.4. The minimum atomic E-state index is 0.320. The second-order valence-corrected chi connectivity index (χ2v) is 10.9. The summed E-state index contributed by atoms with van der Waals surface area (Å²) < 4.78 is 0. The summed E-state index contributed by atoms with van der Waals surface area (Å²) in [4.78, 5) is 8.45. The van der Waals surface area contributed by atoms with E-state index in [9.17, 15) is 0 Å². The van der Waals surface area contributed by atoms with Crippen LogP contribution in [-0.4, -0.2) is 23.4 Å². The molecule has 2 N–H and O–H groups in total. The Morgan fingerprint density at radius 2 is 0.828 bits per heavy atom. The minimum Gasteiger partial charge on any atom is -0.396 e. The number of aryl methyl sites for hydroxylation is 2. The molecule has 2 nitrogen and oxygen atoms in total. The van der Waals surface area contributed by atoms with Gasteiger partial charge in [-0.15, -0.1) is 34.0 Å². The smallest absolute Gasteiger partial charge is 0.0449 e. The van der Waals surface area contributed by atoms with Crippen molar-refractivity contribution in [3.63, 3.8) is 0 Å². The van der Waals surface area contributed by atoms with E-state index in [2.05, 4.69) is 36.4 Å². The van der Waals surface area contributed by atoms with E-state index in [-0.39, 0.29) is 0 Å². The summed E-state index contributed by atoms with van der Waals surface area (Å²) in [5.41, 5.74) is 0. The molecule has 0 aromatic carbocycles. The molecule has 3 aromatic heterocycles. The first-order chi connectivity index (χ1) is 14.3. The number of aliphatic hydroxyl groups is 2. The van der Waals surface area contributed by atoms with Crippen LogP contribution in [0.25, 0.3) is 19.5 Å². The molecule has 0 radical (unpaired) electrons. The first-order valence-electron chi connectivity index (χ1n) is 10.8. The third-order valence-electron chi connectivity index (χ3n) is 5.08. The highest BCUT2D eigenvalue weighted by atomic mass is 32.1. The maximum atomic E-state index is 8.86. The van der Waals surface area contributed by atoms with Crippen LogP contribution in [0.3, 0.4) is 0 Å². The second-order valence-electron chi connectivity index (χ2n) is 7.47. The van der Waals surface area contributed by atoms with Crippen LogP contribution in [0.5, 0.6) is 0 Å². The molecule has 0 unspecified atom stereocenters. The topological polar surface area (TPSA) is 40.5 Å². The molecule has 0 spiro atoms. The quantitative estimate of drug-likeness (QED) is 0.252. The van der Waals surface area contributed by atoms with Gasteiger partial charge in [-0.25, -0.2) is 0 Å². The zero-order valence-corrected chi connectivity index (χ0v) is 19.5. The van der Waals surface area contributed by atoms with Crippen molar-refractivity contribution in [2.75, 3.05) is 13.2 Å². The zero-order chi connectivity index (χ0) is 20.3. The van der Waals surface area contributed by atoms with E-state index in [0.717, 1.165) is 38.5 Å². The van der Waals surface area contributed by atoms with Crippen LogP contribution in [0.1, 0.15) is 61.1 Å². The van der Waals surface area contributed by atoms with Crippen LogP contribution in [0.15, 0.2) is 36.4 Å². The molecule has 0 atom stereocenters. The van der Waals surface area contributed by atoms with Gasteiger partial charge in [0.1, 0.15) is 0 Å². The van der Waals surface area contributed by atoms with E-state index in [1.165, 1.54) is 54.9 Å². The minimum absolute atomic E-state index is 0.320. The lowest BCUT2D eigenvalue weighted by Gasteiger charge is -1.98. The number of rotatable bonds is 14. The lowest BCUT2D eigenvalue weighted by atomic mass is 10.1. The fourth-order valence-electron chi connectivity index (χ4n) is 3.42. The summed E-state index contributed by atoms with van der Waals surface area (Å²) in [6, 6.07) is 13.7. The molecule has 0 saturated heterocycles. The van der Waals surface area contributed by atoms with E-state index < -0.39 is 0 Å². The molecule has 0 fully saturated rings. The van der Waals surface area contributed by atoms with Gasteiger partial charge >= 0.3 is 0 Å². The molecule has 0 aliphatic heterocycles. The maximum absolute atomic E-state index is 8.86. The van der Waals surface area contributed by atoms with Crippen molar-refractivity contribution in [3.05, 3.63) is 46.2 Å². The van der Waals surface area contributed by atoms with Crippen molar-refractivity contribution < 1.29 is 10.2 Å². The van der Waals surface area contributed by atoms with E-state index in [4.69, 9.17) is 10.2 Å². The zero-order valence-electron chi connectivity index (χ0n) is 17.1. The number of aliphatic hydroxyl groups excluding tert-OH is 2. The summed E-state index contributed by atoms with van der Waals surface area (Å²) in [5.74, 6) is 0. The predicted molar refractivity (Wildman–Crippen MR) is 129 cm³/mol. The molecule has 0 amide bonds. The first kappa shape index (κ1) is 22.7. The Bertz CT molecular complexity index is 764. The average molecular weight is 449 g/mol. The lowest BCUT2D eigenvalue weighted by molar-refractivity contribution is 0.282. The van der Waals surface area contributed by atoms with Crippen LogP contribution >= 0.6 is 34.0 Å². The third kappa shape index (κ3) is 7.34. The van der Waals surface area contributed by atoms with Gasteiger partial charge < -0.3 is 10.2 Å². The first-order valence-corrected chi connectivity index (χ1v) is 13.2. The fourth-order valence-corrected chi connectivity index (χ4v) is 6.71. The number of hydrogen-bond acceptors (Lipinski definition) is 5. The summed E-state index contributed by atoms with van der Waals surface area (Å²) in [7, 11) is 0.